The van der Waals surface area contributed by atoms with Crippen LogP contribution in [0.5, 0.6) is 0 Å². The highest BCUT2D eigenvalue weighted by atomic mass is 16.2. The van der Waals surface area contributed by atoms with Gasteiger partial charge in [-0.05, 0) is 31.9 Å². The second-order valence-electron chi connectivity index (χ2n) is 8.28. The SMILES string of the molecule is CC1CCCN1c1ncc(-c2cccc(NC(=O)Cn3cnc4[nH]c(=O)n(C)c(=O)c43)n2)cn1. The zero-order valence-corrected chi connectivity index (χ0v) is 18.7. The normalized spacial score (nSPS) is 15.7. The number of H-pyrrole nitrogens is 1. The third-order valence-electron chi connectivity index (χ3n) is 5.95. The van der Waals surface area contributed by atoms with Crippen LogP contribution in [-0.2, 0) is 18.4 Å². The first-order valence-corrected chi connectivity index (χ1v) is 10.9. The quantitative estimate of drug-likeness (QED) is 0.446. The number of hydrogen-bond acceptors (Lipinski definition) is 8. The summed E-state index contributed by atoms with van der Waals surface area (Å²) in [6.07, 6.45) is 7.07. The Morgan fingerprint density at radius 1 is 1.21 bits per heavy atom. The van der Waals surface area contributed by atoms with Crippen molar-refractivity contribution in [3.05, 3.63) is 57.8 Å². The molecule has 1 aliphatic rings. The van der Waals surface area contributed by atoms with Crippen LogP contribution in [-0.4, -0.2) is 52.5 Å². The number of hydrogen-bond donors (Lipinski definition) is 2. The van der Waals surface area contributed by atoms with Gasteiger partial charge in [-0.2, -0.15) is 0 Å². The summed E-state index contributed by atoms with van der Waals surface area (Å²) in [5.74, 6) is 0.663. The van der Waals surface area contributed by atoms with E-state index >= 15 is 0 Å². The number of pyridine rings is 1. The second-order valence-corrected chi connectivity index (χ2v) is 8.28. The Labute approximate surface area is 193 Å². The average Bonchev–Trinajstić information content (AvgIpc) is 3.43. The van der Waals surface area contributed by atoms with E-state index in [4.69, 9.17) is 0 Å². The van der Waals surface area contributed by atoms with Gasteiger partial charge in [0.1, 0.15) is 12.4 Å². The summed E-state index contributed by atoms with van der Waals surface area (Å²) < 4.78 is 2.32. The third kappa shape index (κ3) is 3.93. The van der Waals surface area contributed by atoms with Crippen molar-refractivity contribution in [1.82, 2.24) is 34.1 Å². The van der Waals surface area contributed by atoms with Gasteiger partial charge in [0, 0.05) is 37.6 Å². The molecule has 174 valence electrons. The van der Waals surface area contributed by atoms with Crippen LogP contribution < -0.4 is 21.5 Å². The molecule has 34 heavy (non-hydrogen) atoms. The number of carbonyl (C=O) groups is 1. The first kappa shape index (κ1) is 21.5. The summed E-state index contributed by atoms with van der Waals surface area (Å²) >= 11 is 0. The van der Waals surface area contributed by atoms with Crippen LogP contribution in [0.15, 0.2) is 46.5 Å². The van der Waals surface area contributed by atoms with Gasteiger partial charge in [0.15, 0.2) is 11.2 Å². The molecule has 0 aromatic carbocycles. The topological polar surface area (TPSA) is 144 Å². The minimum Gasteiger partial charge on any atom is -0.338 e. The minimum absolute atomic E-state index is 0.132. The fourth-order valence-corrected chi connectivity index (χ4v) is 4.09. The van der Waals surface area contributed by atoms with E-state index in [0.717, 1.165) is 29.5 Å². The molecule has 2 N–H and O–H groups in total. The van der Waals surface area contributed by atoms with Crippen molar-refractivity contribution in [1.29, 1.82) is 0 Å². The number of carbonyl (C=O) groups excluding carboxylic acids is 1. The van der Waals surface area contributed by atoms with E-state index in [2.05, 4.69) is 42.1 Å². The van der Waals surface area contributed by atoms with Gasteiger partial charge in [-0.1, -0.05) is 6.07 Å². The van der Waals surface area contributed by atoms with Gasteiger partial charge in [0.2, 0.25) is 11.9 Å². The summed E-state index contributed by atoms with van der Waals surface area (Å²) in [5.41, 5.74) is 0.533. The van der Waals surface area contributed by atoms with Crippen molar-refractivity contribution in [2.24, 2.45) is 7.05 Å². The van der Waals surface area contributed by atoms with Crippen LogP contribution in [0, 0.1) is 0 Å². The molecule has 1 atom stereocenters. The number of anilines is 2. The highest BCUT2D eigenvalue weighted by Crippen LogP contribution is 2.23. The fraction of sp³-hybridized carbons (Fsp3) is 0.318. The first-order valence-electron chi connectivity index (χ1n) is 10.9. The lowest BCUT2D eigenvalue weighted by Crippen LogP contribution is -2.33. The first-order chi connectivity index (χ1) is 16.4. The molecular weight excluding hydrogens is 438 g/mol. The fourth-order valence-electron chi connectivity index (χ4n) is 4.09. The van der Waals surface area contributed by atoms with Crippen LogP contribution in [0.2, 0.25) is 0 Å². The van der Waals surface area contributed by atoms with Crippen molar-refractivity contribution in [3.63, 3.8) is 0 Å². The lowest BCUT2D eigenvalue weighted by molar-refractivity contribution is -0.116. The maximum atomic E-state index is 12.6. The molecule has 0 aliphatic carbocycles. The standard InChI is InChI=1S/C22H23N9O3/c1-13-5-4-8-31(13)21-23-9-14(10-24-21)15-6-3-7-16(26-15)27-17(32)11-30-12-25-19-18(30)20(33)29(2)22(34)28-19/h3,6-7,9-10,12-13H,4-5,8,11H2,1-2H3,(H,28,34)(H,26,27,32). The maximum absolute atomic E-state index is 12.6. The molecule has 0 spiro atoms. The number of imidazole rings is 1. The van der Waals surface area contributed by atoms with Gasteiger partial charge < -0.3 is 14.8 Å². The van der Waals surface area contributed by atoms with E-state index < -0.39 is 17.2 Å². The summed E-state index contributed by atoms with van der Waals surface area (Å²) in [4.78, 5) is 59.0. The molecule has 5 rings (SSSR count). The molecule has 1 amide bonds. The Bertz CT molecular complexity index is 1490. The molecule has 0 radical (unpaired) electrons. The van der Waals surface area contributed by atoms with Crippen molar-refractivity contribution >= 4 is 28.8 Å². The third-order valence-corrected chi connectivity index (χ3v) is 5.95. The van der Waals surface area contributed by atoms with E-state index in [1.807, 2.05) is 6.07 Å². The molecule has 0 bridgehead atoms. The van der Waals surface area contributed by atoms with E-state index in [1.165, 1.54) is 17.9 Å². The predicted molar refractivity (Wildman–Crippen MR) is 126 cm³/mol. The van der Waals surface area contributed by atoms with Crippen molar-refractivity contribution in [3.8, 4) is 11.3 Å². The second kappa shape index (κ2) is 8.54. The van der Waals surface area contributed by atoms with Crippen LogP contribution in [0.25, 0.3) is 22.4 Å². The summed E-state index contributed by atoms with van der Waals surface area (Å²) in [6.45, 7) is 2.95. The van der Waals surface area contributed by atoms with Crippen LogP contribution in [0.4, 0.5) is 11.8 Å². The van der Waals surface area contributed by atoms with Crippen molar-refractivity contribution in [2.45, 2.75) is 32.4 Å². The summed E-state index contributed by atoms with van der Waals surface area (Å²) in [5, 5.41) is 2.73. The molecule has 4 aromatic heterocycles. The van der Waals surface area contributed by atoms with Gasteiger partial charge in [0.05, 0.1) is 12.0 Å². The number of fused-ring (bicyclic) bond motifs is 1. The Morgan fingerprint density at radius 3 is 2.74 bits per heavy atom. The Morgan fingerprint density at radius 2 is 2.00 bits per heavy atom. The highest BCUT2D eigenvalue weighted by molar-refractivity contribution is 5.90. The lowest BCUT2D eigenvalue weighted by Gasteiger charge is -2.20. The zero-order valence-electron chi connectivity index (χ0n) is 18.7. The number of nitrogens with zero attached hydrogens (tertiary/aromatic N) is 7. The van der Waals surface area contributed by atoms with Gasteiger partial charge in [0.25, 0.3) is 5.56 Å². The number of nitrogens with one attached hydrogen (secondary N) is 2. The van der Waals surface area contributed by atoms with Gasteiger partial charge in [-0.15, -0.1) is 0 Å². The molecule has 1 saturated heterocycles. The van der Waals surface area contributed by atoms with E-state index in [1.54, 1.807) is 24.5 Å². The minimum atomic E-state index is -0.569. The van der Waals surface area contributed by atoms with Gasteiger partial charge in [-0.25, -0.2) is 24.7 Å². The Hall–Kier alpha value is -4.35. The van der Waals surface area contributed by atoms with E-state index in [0.29, 0.717) is 23.5 Å². The van der Waals surface area contributed by atoms with Gasteiger partial charge in [-0.3, -0.25) is 19.1 Å². The van der Waals surface area contributed by atoms with Crippen molar-refractivity contribution in [2.75, 3.05) is 16.8 Å². The average molecular weight is 461 g/mol. The molecule has 1 fully saturated rings. The molecule has 1 aliphatic heterocycles. The van der Waals surface area contributed by atoms with Crippen LogP contribution >= 0.6 is 0 Å². The zero-order chi connectivity index (χ0) is 23.8. The number of aromatic amines is 1. The molecule has 12 nitrogen and oxygen atoms in total. The van der Waals surface area contributed by atoms with Gasteiger partial charge >= 0.3 is 5.69 Å². The molecule has 4 aromatic rings. The monoisotopic (exact) mass is 461 g/mol. The van der Waals surface area contributed by atoms with E-state index in [9.17, 15) is 14.4 Å². The molecular formula is C22H23N9O3. The largest absolute Gasteiger partial charge is 0.338 e. The number of aromatic nitrogens is 7. The Balaban J connectivity index is 1.32. The summed E-state index contributed by atoms with van der Waals surface area (Å²) in [7, 11) is 1.36. The number of amides is 1. The van der Waals surface area contributed by atoms with E-state index in [-0.39, 0.29) is 17.7 Å². The Kier molecular flexibility index (Phi) is 5.40. The molecule has 5 heterocycles. The van der Waals surface area contributed by atoms with Crippen LogP contribution in [0.3, 0.4) is 0 Å². The smallest absolute Gasteiger partial charge is 0.329 e. The van der Waals surface area contributed by atoms with Crippen LogP contribution in [0.1, 0.15) is 19.8 Å². The maximum Gasteiger partial charge on any atom is 0.329 e. The lowest BCUT2D eigenvalue weighted by atomic mass is 10.2. The predicted octanol–water partition coefficient (Wildman–Crippen LogP) is 0.903. The van der Waals surface area contributed by atoms with Crippen molar-refractivity contribution < 1.29 is 4.79 Å². The highest BCUT2D eigenvalue weighted by Gasteiger charge is 2.22. The molecule has 0 saturated carbocycles. The molecule has 12 heteroatoms. The number of rotatable bonds is 5. The molecule has 1 unspecified atom stereocenters. The summed E-state index contributed by atoms with van der Waals surface area (Å²) in [6, 6.07) is 5.69.